The Morgan fingerprint density at radius 3 is 2.82 bits per heavy atom. The van der Waals surface area contributed by atoms with Crippen LogP contribution in [0.2, 0.25) is 0 Å². The number of aromatic amines is 1. The molecule has 3 aromatic rings. The molecular weight excluding hydrogens is 346 g/mol. The molecule has 0 spiro atoms. The molecule has 5 heteroatoms. The number of hydrogen-bond acceptors (Lipinski definition) is 2. The number of rotatable bonds is 1. The van der Waals surface area contributed by atoms with E-state index in [2.05, 4.69) is 46.8 Å². The molecule has 17 heavy (non-hydrogen) atoms. The molecule has 0 aliphatic carbocycles. The van der Waals surface area contributed by atoms with Gasteiger partial charge in [-0.1, -0.05) is 15.9 Å². The van der Waals surface area contributed by atoms with Crippen molar-refractivity contribution in [2.24, 2.45) is 0 Å². The number of aromatic nitrogens is 3. The summed E-state index contributed by atoms with van der Waals surface area (Å²) in [5.41, 5.74) is 2.74. The van der Waals surface area contributed by atoms with Crippen LogP contribution in [0.15, 0.2) is 45.5 Å². The minimum absolute atomic E-state index is 0.769. The number of benzene rings is 1. The van der Waals surface area contributed by atoms with E-state index in [9.17, 15) is 0 Å². The third-order valence-electron chi connectivity index (χ3n) is 2.43. The fourth-order valence-electron chi connectivity index (χ4n) is 1.65. The number of imidazole rings is 1. The zero-order chi connectivity index (χ0) is 11.8. The summed E-state index contributed by atoms with van der Waals surface area (Å²) in [5.74, 6) is 0.769. The van der Waals surface area contributed by atoms with E-state index in [1.165, 1.54) is 0 Å². The molecule has 3 rings (SSSR count). The van der Waals surface area contributed by atoms with Gasteiger partial charge < -0.3 is 4.98 Å². The highest BCUT2D eigenvalue weighted by atomic mass is 79.9. The van der Waals surface area contributed by atoms with Crippen LogP contribution in [0.5, 0.6) is 0 Å². The Bertz CT molecular complexity index is 691. The van der Waals surface area contributed by atoms with Gasteiger partial charge in [0.2, 0.25) is 0 Å². The van der Waals surface area contributed by atoms with Gasteiger partial charge in [0.05, 0.1) is 11.0 Å². The maximum absolute atomic E-state index is 4.52. The van der Waals surface area contributed by atoms with E-state index >= 15 is 0 Å². The molecule has 1 N–H and O–H groups in total. The Morgan fingerprint density at radius 2 is 2.00 bits per heavy atom. The first-order valence-corrected chi connectivity index (χ1v) is 6.59. The predicted octanol–water partition coefficient (Wildman–Crippen LogP) is 4.15. The summed E-state index contributed by atoms with van der Waals surface area (Å²) in [6, 6.07) is 9.78. The normalized spacial score (nSPS) is 10.9. The van der Waals surface area contributed by atoms with Crippen LogP contribution in [0.3, 0.4) is 0 Å². The number of fused-ring (bicyclic) bond motifs is 1. The van der Waals surface area contributed by atoms with Crippen molar-refractivity contribution in [3.63, 3.8) is 0 Å². The van der Waals surface area contributed by atoms with Crippen molar-refractivity contribution in [3.05, 3.63) is 45.5 Å². The molecule has 0 bridgehead atoms. The molecule has 0 aliphatic heterocycles. The molecule has 0 aliphatic rings. The van der Waals surface area contributed by atoms with E-state index in [0.717, 1.165) is 31.5 Å². The Morgan fingerprint density at radius 1 is 1.12 bits per heavy atom. The number of hydrogen-bond donors (Lipinski definition) is 1. The lowest BCUT2D eigenvalue weighted by Gasteiger charge is -1.97. The molecule has 0 saturated heterocycles. The van der Waals surface area contributed by atoms with Crippen molar-refractivity contribution in [2.75, 3.05) is 0 Å². The highest BCUT2D eigenvalue weighted by Crippen LogP contribution is 2.26. The topological polar surface area (TPSA) is 41.6 Å². The van der Waals surface area contributed by atoms with Gasteiger partial charge in [-0.15, -0.1) is 0 Å². The van der Waals surface area contributed by atoms with E-state index in [1.54, 1.807) is 6.20 Å². The van der Waals surface area contributed by atoms with Crippen LogP contribution in [0.25, 0.3) is 22.6 Å². The molecule has 0 unspecified atom stereocenters. The van der Waals surface area contributed by atoms with Crippen molar-refractivity contribution in [2.45, 2.75) is 0 Å². The first kappa shape index (κ1) is 10.9. The lowest BCUT2D eigenvalue weighted by atomic mass is 10.3. The average Bonchev–Trinajstić information content (AvgIpc) is 2.72. The summed E-state index contributed by atoms with van der Waals surface area (Å²) in [4.78, 5) is 12.1. The lowest BCUT2D eigenvalue weighted by molar-refractivity contribution is 1.22. The fourth-order valence-corrected chi connectivity index (χ4v) is 2.46. The summed E-state index contributed by atoms with van der Waals surface area (Å²) in [6.07, 6.45) is 1.75. The van der Waals surface area contributed by atoms with Crippen LogP contribution < -0.4 is 0 Å². The van der Waals surface area contributed by atoms with Gasteiger partial charge in [-0.3, -0.25) is 4.98 Å². The van der Waals surface area contributed by atoms with Crippen molar-refractivity contribution in [1.82, 2.24) is 15.0 Å². The Kier molecular flexibility index (Phi) is 2.72. The van der Waals surface area contributed by atoms with Gasteiger partial charge in [0, 0.05) is 15.1 Å². The largest absolute Gasteiger partial charge is 0.337 e. The van der Waals surface area contributed by atoms with Crippen molar-refractivity contribution in [1.29, 1.82) is 0 Å². The first-order chi connectivity index (χ1) is 8.24. The van der Waals surface area contributed by atoms with Gasteiger partial charge >= 0.3 is 0 Å². The molecule has 3 nitrogen and oxygen atoms in total. The second-order valence-corrected chi connectivity index (χ2v) is 5.35. The van der Waals surface area contributed by atoms with E-state index in [-0.39, 0.29) is 0 Å². The third-order valence-corrected chi connectivity index (χ3v) is 3.56. The number of nitrogens with zero attached hydrogens (tertiary/aromatic N) is 2. The van der Waals surface area contributed by atoms with Gasteiger partial charge in [0.1, 0.15) is 5.69 Å². The molecular formula is C12H7Br2N3. The summed E-state index contributed by atoms with van der Waals surface area (Å²) in [5, 5.41) is 0. The standard InChI is InChI=1S/C12H7Br2N3/c13-7-3-4-9-10(6-7)17-12(16-9)11-8(14)2-1-5-15-11/h1-6H,(H,16,17). The zero-order valence-electron chi connectivity index (χ0n) is 8.61. The molecule has 0 fully saturated rings. The van der Waals surface area contributed by atoms with E-state index in [1.807, 2.05) is 30.3 Å². The molecule has 0 saturated carbocycles. The van der Waals surface area contributed by atoms with Gasteiger partial charge in [-0.25, -0.2) is 4.98 Å². The SMILES string of the molecule is Brc1ccc2nc(-c3ncccc3Br)[nH]c2c1. The summed E-state index contributed by atoms with van der Waals surface area (Å²) < 4.78 is 1.96. The van der Waals surface area contributed by atoms with E-state index in [0.29, 0.717) is 0 Å². The maximum Gasteiger partial charge on any atom is 0.158 e. The van der Waals surface area contributed by atoms with Crippen LogP contribution in [-0.4, -0.2) is 15.0 Å². The Hall–Kier alpha value is -1.20. The second-order valence-electron chi connectivity index (χ2n) is 3.58. The van der Waals surface area contributed by atoms with Crippen LogP contribution in [-0.2, 0) is 0 Å². The number of H-pyrrole nitrogens is 1. The van der Waals surface area contributed by atoms with Crippen molar-refractivity contribution >= 4 is 42.9 Å². The summed E-state index contributed by atoms with van der Waals surface area (Å²) in [7, 11) is 0. The molecule has 1 aromatic carbocycles. The third kappa shape index (κ3) is 2.00. The van der Waals surface area contributed by atoms with Crippen LogP contribution >= 0.6 is 31.9 Å². The number of halogens is 2. The monoisotopic (exact) mass is 351 g/mol. The molecule has 0 atom stereocenters. The Labute approximate surface area is 115 Å². The first-order valence-electron chi connectivity index (χ1n) is 5.00. The van der Waals surface area contributed by atoms with E-state index in [4.69, 9.17) is 0 Å². The quantitative estimate of drug-likeness (QED) is 0.714. The highest BCUT2D eigenvalue weighted by Gasteiger charge is 2.09. The van der Waals surface area contributed by atoms with Crippen molar-refractivity contribution in [3.8, 4) is 11.5 Å². The highest BCUT2D eigenvalue weighted by molar-refractivity contribution is 9.10. The summed E-state index contributed by atoms with van der Waals surface area (Å²) >= 11 is 6.91. The van der Waals surface area contributed by atoms with Crippen LogP contribution in [0.4, 0.5) is 0 Å². The van der Waals surface area contributed by atoms with Crippen molar-refractivity contribution < 1.29 is 0 Å². The predicted molar refractivity (Wildman–Crippen MR) is 74.7 cm³/mol. The van der Waals surface area contributed by atoms with Gasteiger partial charge in [0.15, 0.2) is 5.82 Å². The maximum atomic E-state index is 4.52. The minimum Gasteiger partial charge on any atom is -0.337 e. The summed E-state index contributed by atoms with van der Waals surface area (Å²) in [6.45, 7) is 0. The number of pyridine rings is 1. The average molecular weight is 353 g/mol. The van der Waals surface area contributed by atoms with Gasteiger partial charge in [0.25, 0.3) is 0 Å². The minimum atomic E-state index is 0.769. The van der Waals surface area contributed by atoms with Gasteiger partial charge in [-0.05, 0) is 46.3 Å². The molecule has 84 valence electrons. The molecule has 2 aromatic heterocycles. The lowest BCUT2D eigenvalue weighted by Crippen LogP contribution is -1.85. The van der Waals surface area contributed by atoms with Gasteiger partial charge in [-0.2, -0.15) is 0 Å². The molecule has 0 amide bonds. The Balaban J connectivity index is 2.22. The smallest absolute Gasteiger partial charge is 0.158 e. The zero-order valence-corrected chi connectivity index (χ0v) is 11.8. The van der Waals surface area contributed by atoms with Crippen LogP contribution in [0.1, 0.15) is 0 Å². The molecule has 2 heterocycles. The molecule has 0 radical (unpaired) electrons. The second kappa shape index (κ2) is 4.23. The van der Waals surface area contributed by atoms with Crippen LogP contribution in [0, 0.1) is 0 Å². The number of nitrogens with one attached hydrogen (secondary N) is 1. The fraction of sp³-hybridized carbons (Fsp3) is 0. The van der Waals surface area contributed by atoms with E-state index < -0.39 is 0 Å².